The second kappa shape index (κ2) is 7.61. The standard InChI is InChI=1S/C21H25N5O3/c1-14-12-26(13-15(2)29-14)21-23-19-16(20(24-21)25-7-10-27-11-8-25)5-6-17(22-19)18-4-3-9-28-18/h3-6,9,14-15H,7-8,10-13H2,1-2H3. The normalized spacial score (nSPS) is 23.0. The molecule has 3 aromatic heterocycles. The lowest BCUT2D eigenvalue weighted by Crippen LogP contribution is -2.46. The molecule has 2 fully saturated rings. The number of morpholine rings is 2. The number of anilines is 2. The summed E-state index contributed by atoms with van der Waals surface area (Å²) in [5.74, 6) is 2.34. The molecule has 0 amide bonds. The zero-order chi connectivity index (χ0) is 19.8. The highest BCUT2D eigenvalue weighted by Crippen LogP contribution is 2.30. The van der Waals surface area contributed by atoms with Crippen molar-refractivity contribution in [2.75, 3.05) is 49.2 Å². The number of hydrogen-bond donors (Lipinski definition) is 0. The number of nitrogens with zero attached hydrogens (tertiary/aromatic N) is 5. The van der Waals surface area contributed by atoms with Gasteiger partial charge in [0.2, 0.25) is 5.95 Å². The Hall–Kier alpha value is -2.71. The summed E-state index contributed by atoms with van der Waals surface area (Å²) >= 11 is 0. The van der Waals surface area contributed by atoms with Gasteiger partial charge in [0, 0.05) is 26.2 Å². The van der Waals surface area contributed by atoms with Gasteiger partial charge in [-0.2, -0.15) is 9.97 Å². The molecule has 152 valence electrons. The fourth-order valence-electron chi connectivity index (χ4n) is 4.04. The van der Waals surface area contributed by atoms with E-state index in [2.05, 4.69) is 23.6 Å². The summed E-state index contributed by atoms with van der Waals surface area (Å²) in [4.78, 5) is 19.1. The Labute approximate surface area is 169 Å². The second-order valence-electron chi connectivity index (χ2n) is 7.65. The van der Waals surface area contributed by atoms with Gasteiger partial charge in [-0.15, -0.1) is 0 Å². The van der Waals surface area contributed by atoms with Crippen molar-refractivity contribution in [3.05, 3.63) is 30.5 Å². The van der Waals surface area contributed by atoms with E-state index in [4.69, 9.17) is 28.8 Å². The summed E-state index contributed by atoms with van der Waals surface area (Å²) in [6.45, 7) is 8.70. The molecule has 2 saturated heterocycles. The largest absolute Gasteiger partial charge is 0.463 e. The van der Waals surface area contributed by atoms with Crippen molar-refractivity contribution in [3.63, 3.8) is 0 Å². The first-order valence-corrected chi connectivity index (χ1v) is 10.1. The van der Waals surface area contributed by atoms with Crippen LogP contribution in [0.15, 0.2) is 34.9 Å². The van der Waals surface area contributed by atoms with Crippen LogP contribution < -0.4 is 9.80 Å². The predicted molar refractivity (Wildman–Crippen MR) is 110 cm³/mol. The average Bonchev–Trinajstić information content (AvgIpc) is 3.27. The van der Waals surface area contributed by atoms with Crippen LogP contribution in [0, 0.1) is 0 Å². The van der Waals surface area contributed by atoms with Crippen molar-refractivity contribution in [2.45, 2.75) is 26.1 Å². The number of rotatable bonds is 3. The summed E-state index contributed by atoms with van der Waals surface area (Å²) in [6.07, 6.45) is 1.92. The predicted octanol–water partition coefficient (Wildman–Crippen LogP) is 2.74. The van der Waals surface area contributed by atoms with E-state index in [1.807, 2.05) is 24.3 Å². The van der Waals surface area contributed by atoms with E-state index in [-0.39, 0.29) is 12.2 Å². The minimum Gasteiger partial charge on any atom is -0.463 e. The molecule has 3 aromatic rings. The molecule has 2 aliphatic rings. The van der Waals surface area contributed by atoms with Crippen molar-refractivity contribution in [2.24, 2.45) is 0 Å². The van der Waals surface area contributed by atoms with E-state index in [0.29, 0.717) is 24.8 Å². The molecule has 0 aromatic carbocycles. The molecule has 8 nitrogen and oxygen atoms in total. The molecule has 8 heteroatoms. The van der Waals surface area contributed by atoms with E-state index < -0.39 is 0 Å². The number of hydrogen-bond acceptors (Lipinski definition) is 8. The lowest BCUT2D eigenvalue weighted by Gasteiger charge is -2.36. The van der Waals surface area contributed by atoms with Gasteiger partial charge >= 0.3 is 0 Å². The van der Waals surface area contributed by atoms with Gasteiger partial charge in [-0.05, 0) is 38.1 Å². The Morgan fingerprint density at radius 2 is 1.72 bits per heavy atom. The fourth-order valence-corrected chi connectivity index (χ4v) is 4.04. The molecule has 2 unspecified atom stereocenters. The third-order valence-electron chi connectivity index (χ3n) is 5.31. The zero-order valence-corrected chi connectivity index (χ0v) is 16.7. The maximum atomic E-state index is 5.89. The third-order valence-corrected chi connectivity index (χ3v) is 5.31. The van der Waals surface area contributed by atoms with Crippen LogP contribution in [0.25, 0.3) is 22.5 Å². The van der Waals surface area contributed by atoms with Crippen molar-refractivity contribution < 1.29 is 13.9 Å². The Morgan fingerprint density at radius 1 is 0.931 bits per heavy atom. The Kier molecular flexibility index (Phi) is 4.81. The number of furan rings is 1. The highest BCUT2D eigenvalue weighted by molar-refractivity contribution is 5.89. The number of pyridine rings is 1. The average molecular weight is 395 g/mol. The van der Waals surface area contributed by atoms with Gasteiger partial charge in [0.1, 0.15) is 11.5 Å². The Balaban J connectivity index is 1.62. The summed E-state index contributed by atoms with van der Waals surface area (Å²) in [7, 11) is 0. The van der Waals surface area contributed by atoms with Crippen molar-refractivity contribution in [1.29, 1.82) is 0 Å². The minimum atomic E-state index is 0.132. The SMILES string of the molecule is CC1CN(c2nc(N3CCOCC3)c3ccc(-c4ccco4)nc3n2)CC(C)O1. The van der Waals surface area contributed by atoms with Crippen LogP contribution in [0.3, 0.4) is 0 Å². The van der Waals surface area contributed by atoms with Crippen LogP contribution in [0.2, 0.25) is 0 Å². The first-order chi connectivity index (χ1) is 14.2. The van der Waals surface area contributed by atoms with Gasteiger partial charge in [-0.3, -0.25) is 0 Å². The molecule has 0 N–H and O–H groups in total. The van der Waals surface area contributed by atoms with Crippen LogP contribution in [0.1, 0.15) is 13.8 Å². The molecule has 0 radical (unpaired) electrons. The minimum absolute atomic E-state index is 0.132. The fraction of sp³-hybridized carbons (Fsp3) is 0.476. The maximum Gasteiger partial charge on any atom is 0.229 e. The monoisotopic (exact) mass is 395 g/mol. The molecule has 5 rings (SSSR count). The molecule has 0 spiro atoms. The molecule has 2 aliphatic heterocycles. The summed E-state index contributed by atoms with van der Waals surface area (Å²) in [5, 5.41) is 0.945. The van der Waals surface area contributed by atoms with E-state index in [0.717, 1.165) is 48.8 Å². The quantitative estimate of drug-likeness (QED) is 0.670. The molecular formula is C21H25N5O3. The molecule has 0 saturated carbocycles. The summed E-state index contributed by atoms with van der Waals surface area (Å²) in [6, 6.07) is 7.78. The van der Waals surface area contributed by atoms with Crippen LogP contribution in [-0.4, -0.2) is 66.6 Å². The van der Waals surface area contributed by atoms with Gasteiger partial charge in [-0.25, -0.2) is 4.98 Å². The molecule has 0 bridgehead atoms. The van der Waals surface area contributed by atoms with Crippen LogP contribution in [0.4, 0.5) is 11.8 Å². The Morgan fingerprint density at radius 3 is 2.45 bits per heavy atom. The third kappa shape index (κ3) is 3.65. The van der Waals surface area contributed by atoms with E-state index in [1.54, 1.807) is 6.26 Å². The topological polar surface area (TPSA) is 76.8 Å². The smallest absolute Gasteiger partial charge is 0.229 e. The van der Waals surface area contributed by atoms with Crippen LogP contribution >= 0.6 is 0 Å². The van der Waals surface area contributed by atoms with Crippen molar-refractivity contribution in [1.82, 2.24) is 15.0 Å². The van der Waals surface area contributed by atoms with Gasteiger partial charge in [0.15, 0.2) is 11.4 Å². The second-order valence-corrected chi connectivity index (χ2v) is 7.65. The van der Waals surface area contributed by atoms with Crippen LogP contribution in [-0.2, 0) is 9.47 Å². The van der Waals surface area contributed by atoms with E-state index in [9.17, 15) is 0 Å². The van der Waals surface area contributed by atoms with Crippen LogP contribution in [0.5, 0.6) is 0 Å². The van der Waals surface area contributed by atoms with Gasteiger partial charge in [-0.1, -0.05) is 0 Å². The number of fused-ring (bicyclic) bond motifs is 1. The molecule has 5 heterocycles. The van der Waals surface area contributed by atoms with Gasteiger partial charge in [0.25, 0.3) is 0 Å². The lowest BCUT2D eigenvalue weighted by atomic mass is 10.2. The Bertz CT molecular complexity index is 977. The molecule has 2 atom stereocenters. The summed E-state index contributed by atoms with van der Waals surface area (Å²) < 4.78 is 17.0. The lowest BCUT2D eigenvalue weighted by molar-refractivity contribution is -0.00570. The molecule has 0 aliphatic carbocycles. The van der Waals surface area contributed by atoms with Gasteiger partial charge in [0.05, 0.1) is 37.1 Å². The van der Waals surface area contributed by atoms with Gasteiger partial charge < -0.3 is 23.7 Å². The first-order valence-electron chi connectivity index (χ1n) is 10.1. The highest BCUT2D eigenvalue weighted by atomic mass is 16.5. The van der Waals surface area contributed by atoms with E-state index in [1.165, 1.54) is 0 Å². The van der Waals surface area contributed by atoms with Crippen molar-refractivity contribution >= 4 is 22.8 Å². The number of ether oxygens (including phenoxy) is 2. The van der Waals surface area contributed by atoms with E-state index >= 15 is 0 Å². The number of aromatic nitrogens is 3. The zero-order valence-electron chi connectivity index (χ0n) is 16.7. The first kappa shape index (κ1) is 18.3. The molecule has 29 heavy (non-hydrogen) atoms. The van der Waals surface area contributed by atoms with Crippen molar-refractivity contribution in [3.8, 4) is 11.5 Å². The molecular weight excluding hydrogens is 370 g/mol. The maximum absolute atomic E-state index is 5.89. The summed E-state index contributed by atoms with van der Waals surface area (Å²) in [5.41, 5.74) is 1.45. The highest BCUT2D eigenvalue weighted by Gasteiger charge is 2.26.